The molecule has 1 aromatic carbocycles. The third-order valence-electron chi connectivity index (χ3n) is 5.26. The molecule has 3 aromatic heterocycles. The minimum atomic E-state index is -4.49. The van der Waals surface area contributed by atoms with Crippen LogP contribution in [0.5, 0.6) is 0 Å². The number of aromatic nitrogens is 5. The molecular weight excluding hydrogens is 461 g/mol. The molecule has 4 aromatic rings. The maximum atomic E-state index is 12.8. The minimum absolute atomic E-state index is 0.0542. The van der Waals surface area contributed by atoms with Gasteiger partial charge in [-0.15, -0.1) is 0 Å². The van der Waals surface area contributed by atoms with Gasteiger partial charge in [0.2, 0.25) is 17.6 Å². The van der Waals surface area contributed by atoms with Gasteiger partial charge in [-0.2, -0.15) is 27.9 Å². The molecule has 0 aliphatic carbocycles. The average molecular weight is 484 g/mol. The lowest BCUT2D eigenvalue weighted by molar-refractivity contribution is -0.137. The van der Waals surface area contributed by atoms with Gasteiger partial charge in [-0.1, -0.05) is 43.3 Å². The number of carbonyl (C=O) groups excluding carboxylic acids is 1. The molecule has 0 radical (unpaired) electrons. The van der Waals surface area contributed by atoms with Gasteiger partial charge in [0.05, 0.1) is 11.3 Å². The van der Waals surface area contributed by atoms with E-state index in [9.17, 15) is 18.0 Å². The summed E-state index contributed by atoms with van der Waals surface area (Å²) in [6, 6.07) is 11.6. The number of anilines is 1. The van der Waals surface area contributed by atoms with Gasteiger partial charge in [0, 0.05) is 30.7 Å². The van der Waals surface area contributed by atoms with Gasteiger partial charge in [0.1, 0.15) is 5.82 Å². The summed E-state index contributed by atoms with van der Waals surface area (Å²) in [7, 11) is 0. The first-order valence-electron chi connectivity index (χ1n) is 10.9. The Labute approximate surface area is 199 Å². The quantitative estimate of drug-likeness (QED) is 0.380. The molecule has 8 nitrogen and oxygen atoms in total. The molecule has 0 aliphatic heterocycles. The molecule has 182 valence electrons. The first kappa shape index (κ1) is 24.1. The highest BCUT2D eigenvalue weighted by Gasteiger charge is 2.30. The molecule has 0 unspecified atom stereocenters. The van der Waals surface area contributed by atoms with Crippen LogP contribution in [-0.4, -0.2) is 30.8 Å². The summed E-state index contributed by atoms with van der Waals surface area (Å²) in [5.41, 5.74) is 1.71. The van der Waals surface area contributed by atoms with Crippen molar-refractivity contribution < 1.29 is 22.5 Å². The van der Waals surface area contributed by atoms with Gasteiger partial charge in [-0.05, 0) is 30.5 Å². The van der Waals surface area contributed by atoms with Gasteiger partial charge in [0.25, 0.3) is 0 Å². The van der Waals surface area contributed by atoms with Gasteiger partial charge in [-0.3, -0.25) is 4.79 Å². The maximum Gasteiger partial charge on any atom is 0.417 e. The van der Waals surface area contributed by atoms with Crippen LogP contribution in [0.2, 0.25) is 0 Å². The van der Waals surface area contributed by atoms with E-state index in [1.54, 1.807) is 13.0 Å². The number of hydrogen-bond donors (Lipinski definition) is 1. The second kappa shape index (κ2) is 9.69. The Morgan fingerprint density at radius 1 is 1.14 bits per heavy atom. The van der Waals surface area contributed by atoms with Crippen molar-refractivity contribution >= 4 is 11.7 Å². The van der Waals surface area contributed by atoms with Crippen LogP contribution in [0, 0.1) is 6.92 Å². The Bertz CT molecular complexity index is 1310. The number of benzene rings is 1. The molecule has 0 fully saturated rings. The van der Waals surface area contributed by atoms with E-state index < -0.39 is 11.7 Å². The topological polar surface area (TPSA) is 98.7 Å². The molecule has 0 atom stereocenters. The lowest BCUT2D eigenvalue weighted by atomic mass is 10.0. The van der Waals surface area contributed by atoms with E-state index in [0.29, 0.717) is 23.3 Å². The zero-order valence-electron chi connectivity index (χ0n) is 19.3. The van der Waals surface area contributed by atoms with Crippen LogP contribution < -0.4 is 5.32 Å². The van der Waals surface area contributed by atoms with Crippen molar-refractivity contribution in [2.75, 3.05) is 5.32 Å². The number of alkyl halides is 3. The second-order valence-electron chi connectivity index (χ2n) is 8.32. The molecule has 1 amide bonds. The third-order valence-corrected chi connectivity index (χ3v) is 5.26. The number of aryl methyl sites for hydroxylation is 2. The Hall–Kier alpha value is -4.02. The van der Waals surface area contributed by atoms with Crippen LogP contribution >= 0.6 is 0 Å². The van der Waals surface area contributed by atoms with E-state index in [2.05, 4.69) is 39.4 Å². The summed E-state index contributed by atoms with van der Waals surface area (Å²) in [5, 5.41) is 10.9. The zero-order valence-corrected chi connectivity index (χ0v) is 19.3. The molecule has 0 spiro atoms. The molecule has 1 N–H and O–H groups in total. The molecule has 11 heteroatoms. The number of hydrogen-bond acceptors (Lipinski definition) is 6. The molecular formula is C24H23F3N6O2. The average Bonchev–Trinajstić information content (AvgIpc) is 3.44. The smallest absolute Gasteiger partial charge is 0.339 e. The van der Waals surface area contributed by atoms with E-state index in [1.165, 1.54) is 16.3 Å². The van der Waals surface area contributed by atoms with Crippen molar-refractivity contribution in [2.45, 2.75) is 45.7 Å². The standard InChI is InChI=1S/C24H23F3N6O2/c1-14(2)16-4-6-17(7-5-16)23-30-22(35-32-23)11-10-21(34)29-20-12-15(3)31-33(20)19-9-8-18(13-28-19)24(25,26)27/h4-9,12-14H,10-11H2,1-3H3,(H,29,34). The molecule has 0 saturated heterocycles. The van der Waals surface area contributed by atoms with E-state index in [-0.39, 0.29) is 30.4 Å². The largest absolute Gasteiger partial charge is 0.417 e. The predicted octanol–water partition coefficient (Wildman–Crippen LogP) is 5.34. The van der Waals surface area contributed by atoms with Gasteiger partial charge >= 0.3 is 6.18 Å². The lowest BCUT2D eigenvalue weighted by Crippen LogP contribution is -2.16. The summed E-state index contributed by atoms with van der Waals surface area (Å²) in [4.78, 5) is 20.7. The number of carbonyl (C=O) groups is 1. The molecule has 0 bridgehead atoms. The normalized spacial score (nSPS) is 11.7. The summed E-state index contributed by atoms with van der Waals surface area (Å²) < 4.78 is 45.0. The van der Waals surface area contributed by atoms with E-state index in [4.69, 9.17) is 4.52 Å². The summed E-state index contributed by atoms with van der Waals surface area (Å²) in [6.07, 6.45) is -3.50. The van der Waals surface area contributed by atoms with Crippen molar-refractivity contribution in [1.29, 1.82) is 0 Å². The van der Waals surface area contributed by atoms with E-state index in [0.717, 1.165) is 17.8 Å². The second-order valence-corrected chi connectivity index (χ2v) is 8.32. The molecule has 0 saturated carbocycles. The van der Waals surface area contributed by atoms with Gasteiger partial charge < -0.3 is 9.84 Å². The highest BCUT2D eigenvalue weighted by atomic mass is 19.4. The first-order valence-corrected chi connectivity index (χ1v) is 10.9. The molecule has 3 heterocycles. The van der Waals surface area contributed by atoms with Crippen LogP contribution in [0.4, 0.5) is 19.0 Å². The Balaban J connectivity index is 1.39. The third kappa shape index (κ3) is 5.73. The van der Waals surface area contributed by atoms with E-state index in [1.807, 2.05) is 24.3 Å². The van der Waals surface area contributed by atoms with Crippen molar-refractivity contribution in [3.05, 3.63) is 71.4 Å². The fourth-order valence-electron chi connectivity index (χ4n) is 3.36. The number of amides is 1. The lowest BCUT2D eigenvalue weighted by Gasteiger charge is -2.10. The molecule has 35 heavy (non-hydrogen) atoms. The highest BCUT2D eigenvalue weighted by molar-refractivity contribution is 5.90. The fraction of sp³-hybridized carbons (Fsp3) is 0.292. The number of nitrogens with zero attached hydrogens (tertiary/aromatic N) is 5. The number of pyridine rings is 1. The zero-order chi connectivity index (χ0) is 25.2. The minimum Gasteiger partial charge on any atom is -0.339 e. The monoisotopic (exact) mass is 484 g/mol. The van der Waals surface area contributed by atoms with Crippen molar-refractivity contribution in [2.24, 2.45) is 0 Å². The first-order chi connectivity index (χ1) is 16.6. The fourth-order valence-corrected chi connectivity index (χ4v) is 3.36. The van der Waals surface area contributed by atoms with Crippen LogP contribution in [0.1, 0.15) is 48.9 Å². The maximum absolute atomic E-state index is 12.8. The Morgan fingerprint density at radius 3 is 2.51 bits per heavy atom. The van der Waals surface area contributed by atoms with Crippen molar-refractivity contribution in [3.63, 3.8) is 0 Å². The summed E-state index contributed by atoms with van der Waals surface area (Å²) in [6.45, 7) is 5.92. The van der Waals surface area contributed by atoms with Crippen LogP contribution in [0.3, 0.4) is 0 Å². The van der Waals surface area contributed by atoms with Crippen LogP contribution in [0.25, 0.3) is 17.2 Å². The number of nitrogens with one attached hydrogen (secondary N) is 1. The van der Waals surface area contributed by atoms with Crippen LogP contribution in [0.15, 0.2) is 53.2 Å². The Morgan fingerprint density at radius 2 is 1.89 bits per heavy atom. The van der Waals surface area contributed by atoms with Crippen LogP contribution in [-0.2, 0) is 17.4 Å². The van der Waals surface area contributed by atoms with Gasteiger partial charge in [-0.25, -0.2) is 4.98 Å². The van der Waals surface area contributed by atoms with Crippen molar-refractivity contribution in [3.8, 4) is 17.2 Å². The molecule has 0 aliphatic rings. The number of halogens is 3. The van der Waals surface area contributed by atoms with E-state index >= 15 is 0 Å². The van der Waals surface area contributed by atoms with Gasteiger partial charge in [0.15, 0.2) is 5.82 Å². The number of rotatable bonds is 7. The predicted molar refractivity (Wildman–Crippen MR) is 122 cm³/mol. The molecule has 4 rings (SSSR count). The Kier molecular flexibility index (Phi) is 6.68. The summed E-state index contributed by atoms with van der Waals surface area (Å²) >= 11 is 0. The van der Waals surface area contributed by atoms with Crippen molar-refractivity contribution in [1.82, 2.24) is 24.9 Å². The highest BCUT2D eigenvalue weighted by Crippen LogP contribution is 2.29. The SMILES string of the molecule is Cc1cc(NC(=O)CCc2nc(-c3ccc(C(C)C)cc3)no2)n(-c2ccc(C(F)(F)F)cn2)n1. The summed E-state index contributed by atoms with van der Waals surface area (Å²) in [5.74, 6) is 1.26.